The largest absolute Gasteiger partial charge is 0.467 e. The molecule has 2 aromatic heterocycles. The van der Waals surface area contributed by atoms with Crippen molar-refractivity contribution in [3.63, 3.8) is 0 Å². The zero-order valence-electron chi connectivity index (χ0n) is 17.8. The Hall–Kier alpha value is -3.46. The lowest BCUT2D eigenvalue weighted by Gasteiger charge is -2.16. The number of carbonyl (C=O) groups is 2. The van der Waals surface area contributed by atoms with Gasteiger partial charge >= 0.3 is 5.97 Å². The predicted octanol–water partition coefficient (Wildman–Crippen LogP) is 3.51. The number of rotatable bonds is 8. The van der Waals surface area contributed by atoms with Gasteiger partial charge in [-0.05, 0) is 18.1 Å². The second-order valence-corrected chi connectivity index (χ2v) is 8.10. The van der Waals surface area contributed by atoms with E-state index >= 15 is 0 Å². The van der Waals surface area contributed by atoms with Crippen LogP contribution in [0.3, 0.4) is 0 Å². The van der Waals surface area contributed by atoms with Crippen molar-refractivity contribution < 1.29 is 14.3 Å². The van der Waals surface area contributed by atoms with E-state index in [9.17, 15) is 9.59 Å². The first-order valence-electron chi connectivity index (χ1n) is 10.3. The minimum absolute atomic E-state index is 0.0432. The van der Waals surface area contributed by atoms with Crippen LogP contribution in [0.15, 0.2) is 59.8 Å². The molecule has 9 heteroatoms. The van der Waals surface area contributed by atoms with Crippen LogP contribution in [0, 0.1) is 0 Å². The number of para-hydroxylation sites is 1. The summed E-state index contributed by atoms with van der Waals surface area (Å²) >= 11 is 1.17. The lowest BCUT2D eigenvalue weighted by atomic mass is 10.1. The number of methoxy groups -OCH3 is 1. The predicted molar refractivity (Wildman–Crippen MR) is 123 cm³/mol. The fourth-order valence-electron chi connectivity index (χ4n) is 3.57. The molecular formula is C23H23N5O3S. The van der Waals surface area contributed by atoms with Gasteiger partial charge in [-0.1, -0.05) is 67.2 Å². The topological polar surface area (TPSA) is 99.0 Å². The van der Waals surface area contributed by atoms with Crippen LogP contribution in [0.5, 0.6) is 0 Å². The van der Waals surface area contributed by atoms with Gasteiger partial charge in [0, 0.05) is 11.9 Å². The van der Waals surface area contributed by atoms with Crippen molar-refractivity contribution in [3.05, 3.63) is 60.2 Å². The molecule has 2 aromatic carbocycles. The van der Waals surface area contributed by atoms with Crippen molar-refractivity contribution in [2.75, 3.05) is 12.9 Å². The molecule has 8 nitrogen and oxygen atoms in total. The first-order chi connectivity index (χ1) is 15.6. The standard InChI is InChI=1S/C23H23N5O3S/c1-3-13-28-17-12-8-7-11-16(17)20-21(28)25-23(27-26-20)32-14-18(29)24-19(22(30)31-2)15-9-5-4-6-10-15/h4-12,19H,3,13-14H2,1-2H3,(H,24,29)/t19-/m0/s1. The third kappa shape index (κ3) is 4.43. The number of aryl methyl sites for hydroxylation is 1. The van der Waals surface area contributed by atoms with E-state index in [0.717, 1.165) is 35.0 Å². The van der Waals surface area contributed by atoms with Gasteiger partial charge in [0.15, 0.2) is 11.7 Å². The number of esters is 1. The van der Waals surface area contributed by atoms with Gasteiger partial charge in [-0.3, -0.25) is 4.79 Å². The number of carbonyl (C=O) groups excluding carboxylic acids is 2. The van der Waals surface area contributed by atoms with Crippen LogP contribution >= 0.6 is 11.8 Å². The normalized spacial score (nSPS) is 12.1. The van der Waals surface area contributed by atoms with E-state index in [1.807, 2.05) is 30.3 Å². The van der Waals surface area contributed by atoms with E-state index in [2.05, 4.69) is 32.0 Å². The Labute approximate surface area is 189 Å². The number of nitrogens with zero attached hydrogens (tertiary/aromatic N) is 4. The molecule has 2 heterocycles. The molecule has 4 aromatic rings. The van der Waals surface area contributed by atoms with Gasteiger partial charge in [0.2, 0.25) is 11.1 Å². The molecule has 1 amide bonds. The molecule has 0 spiro atoms. The van der Waals surface area contributed by atoms with Crippen LogP contribution in [-0.4, -0.2) is 44.5 Å². The molecule has 1 N–H and O–H groups in total. The van der Waals surface area contributed by atoms with Gasteiger partial charge in [-0.2, -0.15) is 0 Å². The van der Waals surface area contributed by atoms with Crippen molar-refractivity contribution in [2.45, 2.75) is 31.1 Å². The molecule has 1 atom stereocenters. The molecule has 0 fully saturated rings. The Balaban J connectivity index is 1.52. The fourth-order valence-corrected chi connectivity index (χ4v) is 4.17. The molecular weight excluding hydrogens is 426 g/mol. The highest BCUT2D eigenvalue weighted by atomic mass is 32.2. The summed E-state index contributed by atoms with van der Waals surface area (Å²) in [5.41, 5.74) is 3.22. The summed E-state index contributed by atoms with van der Waals surface area (Å²) in [6, 6.07) is 16.1. The van der Waals surface area contributed by atoms with Gasteiger partial charge in [0.05, 0.1) is 18.4 Å². The summed E-state index contributed by atoms with van der Waals surface area (Å²) in [6.45, 7) is 2.92. The highest BCUT2D eigenvalue weighted by Crippen LogP contribution is 2.27. The van der Waals surface area contributed by atoms with Gasteiger partial charge < -0.3 is 14.6 Å². The second-order valence-electron chi connectivity index (χ2n) is 7.16. The molecule has 4 rings (SSSR count). The summed E-state index contributed by atoms with van der Waals surface area (Å²) in [6.07, 6.45) is 0.955. The van der Waals surface area contributed by atoms with E-state index in [4.69, 9.17) is 4.74 Å². The molecule has 32 heavy (non-hydrogen) atoms. The van der Waals surface area contributed by atoms with E-state index < -0.39 is 12.0 Å². The maximum Gasteiger partial charge on any atom is 0.333 e. The monoisotopic (exact) mass is 449 g/mol. The first-order valence-corrected chi connectivity index (χ1v) is 11.3. The zero-order valence-corrected chi connectivity index (χ0v) is 18.6. The van der Waals surface area contributed by atoms with Crippen LogP contribution in [-0.2, 0) is 20.9 Å². The summed E-state index contributed by atoms with van der Waals surface area (Å²) in [5, 5.41) is 12.7. The average molecular weight is 450 g/mol. The van der Waals surface area contributed by atoms with Crippen molar-refractivity contribution in [3.8, 4) is 0 Å². The third-order valence-corrected chi connectivity index (χ3v) is 5.85. The Morgan fingerprint density at radius 3 is 2.59 bits per heavy atom. The number of benzene rings is 2. The van der Waals surface area contributed by atoms with Crippen molar-refractivity contribution in [1.82, 2.24) is 25.1 Å². The van der Waals surface area contributed by atoms with E-state index in [1.165, 1.54) is 18.9 Å². The Kier molecular flexibility index (Phi) is 6.65. The van der Waals surface area contributed by atoms with Crippen LogP contribution in [0.2, 0.25) is 0 Å². The number of ether oxygens (including phenoxy) is 1. The highest BCUT2D eigenvalue weighted by molar-refractivity contribution is 7.99. The van der Waals surface area contributed by atoms with Gasteiger partial charge in [0.25, 0.3) is 0 Å². The van der Waals surface area contributed by atoms with E-state index in [-0.39, 0.29) is 11.7 Å². The minimum atomic E-state index is -0.872. The van der Waals surface area contributed by atoms with E-state index in [0.29, 0.717) is 10.7 Å². The van der Waals surface area contributed by atoms with Crippen molar-refractivity contribution in [1.29, 1.82) is 0 Å². The Morgan fingerprint density at radius 1 is 1.09 bits per heavy atom. The van der Waals surface area contributed by atoms with Crippen LogP contribution in [0.1, 0.15) is 24.9 Å². The average Bonchev–Trinajstić information content (AvgIpc) is 3.14. The first kappa shape index (κ1) is 21.8. The number of nitrogens with one attached hydrogen (secondary N) is 1. The lowest BCUT2D eigenvalue weighted by Crippen LogP contribution is -2.35. The summed E-state index contributed by atoms with van der Waals surface area (Å²) in [5.74, 6) is -0.813. The summed E-state index contributed by atoms with van der Waals surface area (Å²) in [7, 11) is 1.29. The molecule has 0 saturated carbocycles. The quantitative estimate of drug-likeness (QED) is 0.325. The number of amides is 1. The SMILES string of the molecule is CCCn1c2ccccc2c2nnc(SCC(=O)N[C@H](C(=O)OC)c3ccccc3)nc21. The number of thioether (sulfide) groups is 1. The number of hydrogen-bond donors (Lipinski definition) is 1. The van der Waals surface area contributed by atoms with E-state index in [1.54, 1.807) is 24.3 Å². The van der Waals surface area contributed by atoms with Crippen molar-refractivity contribution in [2.24, 2.45) is 0 Å². The van der Waals surface area contributed by atoms with Crippen LogP contribution in [0.25, 0.3) is 22.1 Å². The summed E-state index contributed by atoms with van der Waals surface area (Å²) in [4.78, 5) is 29.4. The van der Waals surface area contributed by atoms with Crippen LogP contribution in [0.4, 0.5) is 0 Å². The maximum absolute atomic E-state index is 12.6. The number of aromatic nitrogens is 4. The molecule has 0 aliphatic carbocycles. The summed E-state index contributed by atoms with van der Waals surface area (Å²) < 4.78 is 6.98. The molecule has 0 saturated heterocycles. The van der Waals surface area contributed by atoms with Gasteiger partial charge in [0.1, 0.15) is 5.52 Å². The second kappa shape index (κ2) is 9.78. The maximum atomic E-state index is 12.6. The zero-order chi connectivity index (χ0) is 22.5. The molecule has 0 bridgehead atoms. The smallest absolute Gasteiger partial charge is 0.333 e. The number of fused-ring (bicyclic) bond motifs is 3. The molecule has 164 valence electrons. The number of hydrogen-bond acceptors (Lipinski definition) is 7. The van der Waals surface area contributed by atoms with Crippen molar-refractivity contribution >= 4 is 45.7 Å². The fraction of sp³-hybridized carbons (Fsp3) is 0.261. The molecule has 0 unspecified atom stereocenters. The van der Waals surface area contributed by atoms with Crippen LogP contribution < -0.4 is 5.32 Å². The molecule has 0 radical (unpaired) electrons. The van der Waals surface area contributed by atoms with Gasteiger partial charge in [-0.15, -0.1) is 10.2 Å². The molecule has 0 aliphatic heterocycles. The molecule has 0 aliphatic rings. The Morgan fingerprint density at radius 2 is 1.84 bits per heavy atom. The lowest BCUT2D eigenvalue weighted by molar-refractivity contribution is -0.145. The Bertz CT molecular complexity index is 1260. The third-order valence-electron chi connectivity index (χ3n) is 5.01. The minimum Gasteiger partial charge on any atom is -0.467 e. The highest BCUT2D eigenvalue weighted by Gasteiger charge is 2.23. The van der Waals surface area contributed by atoms with Gasteiger partial charge in [-0.25, -0.2) is 9.78 Å².